The molecule has 1 saturated heterocycles. The van der Waals surface area contributed by atoms with Gasteiger partial charge in [0.25, 0.3) is 11.8 Å². The predicted octanol–water partition coefficient (Wildman–Crippen LogP) is 1.10. The van der Waals surface area contributed by atoms with Gasteiger partial charge in [-0.25, -0.2) is 4.68 Å². The number of aromatic nitrogens is 2. The van der Waals surface area contributed by atoms with Gasteiger partial charge in [-0.05, 0) is 17.7 Å². The number of ether oxygens (including phenoxy) is 2. The topological polar surface area (TPSA) is 155 Å². The van der Waals surface area contributed by atoms with Gasteiger partial charge in [0.15, 0.2) is 0 Å². The molecular formula is C23H25N5O5. The molecule has 0 aliphatic carbocycles. The first kappa shape index (κ1) is 22.3. The minimum atomic E-state index is -0.782. The molecule has 1 aliphatic rings. The fraction of sp³-hybridized carbons (Fsp3) is 0.261. The van der Waals surface area contributed by atoms with Gasteiger partial charge in [0, 0.05) is 12.1 Å². The number of hydrogen-bond acceptors (Lipinski definition) is 7. The van der Waals surface area contributed by atoms with E-state index in [0.717, 1.165) is 5.56 Å². The van der Waals surface area contributed by atoms with Crippen LogP contribution in [0.3, 0.4) is 0 Å². The molecule has 3 aromatic rings. The van der Waals surface area contributed by atoms with Gasteiger partial charge in [0.1, 0.15) is 35.0 Å². The van der Waals surface area contributed by atoms with E-state index in [2.05, 4.69) is 10.4 Å². The molecule has 172 valence electrons. The van der Waals surface area contributed by atoms with Crippen molar-refractivity contribution in [1.29, 1.82) is 0 Å². The van der Waals surface area contributed by atoms with Crippen molar-refractivity contribution in [2.75, 3.05) is 26.1 Å². The van der Waals surface area contributed by atoms with Crippen molar-refractivity contribution in [3.63, 3.8) is 0 Å². The molecule has 2 atom stereocenters. The number of nitrogens with one attached hydrogen (secondary N) is 1. The van der Waals surface area contributed by atoms with E-state index in [0.29, 0.717) is 29.1 Å². The first-order chi connectivity index (χ1) is 15.9. The summed E-state index contributed by atoms with van der Waals surface area (Å²) in [4.78, 5) is 24.6. The third-order valence-electron chi connectivity index (χ3n) is 5.56. The summed E-state index contributed by atoms with van der Waals surface area (Å²) in [5.41, 5.74) is 14.0. The van der Waals surface area contributed by atoms with Gasteiger partial charge in [0.05, 0.1) is 25.9 Å². The Morgan fingerprint density at radius 2 is 1.94 bits per heavy atom. The highest BCUT2D eigenvalue weighted by atomic mass is 16.5. The van der Waals surface area contributed by atoms with Crippen LogP contribution < -0.4 is 21.5 Å². The second-order valence-corrected chi connectivity index (χ2v) is 7.67. The first-order valence-corrected chi connectivity index (χ1v) is 10.3. The third kappa shape index (κ3) is 4.38. The van der Waals surface area contributed by atoms with Crippen LogP contribution in [0.15, 0.2) is 48.5 Å². The van der Waals surface area contributed by atoms with Crippen LogP contribution in [0.25, 0.3) is 11.3 Å². The number of amides is 2. The molecule has 0 unspecified atom stereocenters. The van der Waals surface area contributed by atoms with E-state index < -0.39 is 18.1 Å². The summed E-state index contributed by atoms with van der Waals surface area (Å²) in [5, 5.41) is 17.5. The van der Waals surface area contributed by atoms with Gasteiger partial charge in [-0.2, -0.15) is 5.10 Å². The molecule has 1 aliphatic heterocycles. The number of para-hydroxylation sites is 1. The fourth-order valence-corrected chi connectivity index (χ4v) is 3.80. The molecule has 0 radical (unpaired) electrons. The van der Waals surface area contributed by atoms with Crippen molar-refractivity contribution in [2.24, 2.45) is 5.73 Å². The third-order valence-corrected chi connectivity index (χ3v) is 5.56. The molecule has 1 aromatic heterocycles. The average molecular weight is 451 g/mol. The van der Waals surface area contributed by atoms with Gasteiger partial charge >= 0.3 is 0 Å². The Balaban J connectivity index is 1.53. The highest BCUT2D eigenvalue weighted by Gasteiger charge is 2.33. The number of benzene rings is 2. The first-order valence-electron chi connectivity index (χ1n) is 10.3. The Morgan fingerprint density at radius 1 is 1.21 bits per heavy atom. The number of hydrogen-bond donors (Lipinski definition) is 4. The molecule has 0 spiro atoms. The van der Waals surface area contributed by atoms with E-state index in [9.17, 15) is 14.7 Å². The van der Waals surface area contributed by atoms with Gasteiger partial charge in [-0.15, -0.1) is 0 Å². The van der Waals surface area contributed by atoms with Crippen LogP contribution >= 0.6 is 0 Å². The maximum Gasteiger partial charge on any atom is 0.255 e. The van der Waals surface area contributed by atoms with Crippen LogP contribution in [0.4, 0.5) is 5.82 Å². The van der Waals surface area contributed by atoms with Crippen molar-refractivity contribution in [1.82, 2.24) is 15.1 Å². The van der Waals surface area contributed by atoms with E-state index in [4.69, 9.17) is 20.9 Å². The molecular weight excluding hydrogens is 426 g/mol. The van der Waals surface area contributed by atoms with Gasteiger partial charge in [0.2, 0.25) is 0 Å². The van der Waals surface area contributed by atoms with Gasteiger partial charge < -0.3 is 31.4 Å². The van der Waals surface area contributed by atoms with E-state index >= 15 is 0 Å². The molecule has 2 aromatic carbocycles. The monoisotopic (exact) mass is 451 g/mol. The lowest BCUT2D eigenvalue weighted by molar-refractivity contribution is 0.0946. The zero-order valence-corrected chi connectivity index (χ0v) is 18.0. The van der Waals surface area contributed by atoms with Crippen LogP contribution in [0.1, 0.15) is 32.3 Å². The quantitative estimate of drug-likeness (QED) is 0.419. The summed E-state index contributed by atoms with van der Waals surface area (Å²) in [6.07, 6.45) is -0.782. The lowest BCUT2D eigenvalue weighted by Gasteiger charge is -2.14. The molecule has 1 fully saturated rings. The molecule has 0 bridgehead atoms. The van der Waals surface area contributed by atoms with Crippen molar-refractivity contribution in [3.05, 3.63) is 65.2 Å². The zero-order chi connectivity index (χ0) is 23.5. The van der Waals surface area contributed by atoms with Crippen LogP contribution in [0.2, 0.25) is 0 Å². The Labute approximate surface area is 190 Å². The van der Waals surface area contributed by atoms with Crippen LogP contribution in [-0.4, -0.2) is 53.1 Å². The number of carbonyl (C=O) groups is 2. The number of anilines is 1. The molecule has 10 nitrogen and oxygen atoms in total. The fourth-order valence-electron chi connectivity index (χ4n) is 3.80. The number of rotatable bonds is 7. The Bertz CT molecular complexity index is 1170. The molecule has 2 amide bonds. The molecule has 10 heteroatoms. The van der Waals surface area contributed by atoms with E-state index in [1.165, 1.54) is 11.8 Å². The summed E-state index contributed by atoms with van der Waals surface area (Å²) in [6, 6.07) is 13.6. The highest BCUT2D eigenvalue weighted by Crippen LogP contribution is 2.31. The standard InChI is InChI=1S/C23H25N5O5/c1-32-18-5-3-2-4-15(18)23(31)26-10-13-6-8-14(9-7-13)20-19(22(25)30)21(24)28(27-20)16-11-33-12-17(16)29/h2-9,16-17,29H,10-12,24H2,1H3,(H2,25,30)(H,26,31)/t16-,17-/m0/s1. The van der Waals surface area contributed by atoms with E-state index in [1.54, 1.807) is 36.4 Å². The number of nitrogen functional groups attached to an aromatic ring is 1. The summed E-state index contributed by atoms with van der Waals surface area (Å²) in [7, 11) is 1.51. The van der Waals surface area contributed by atoms with Crippen LogP contribution in [0.5, 0.6) is 5.75 Å². The maximum atomic E-state index is 12.5. The minimum Gasteiger partial charge on any atom is -0.496 e. The van der Waals surface area contributed by atoms with E-state index in [1.807, 2.05) is 12.1 Å². The van der Waals surface area contributed by atoms with Crippen molar-refractivity contribution >= 4 is 17.6 Å². The number of aliphatic hydroxyl groups is 1. The maximum absolute atomic E-state index is 12.5. The average Bonchev–Trinajstić information content (AvgIpc) is 3.40. The zero-order valence-electron chi connectivity index (χ0n) is 18.0. The van der Waals surface area contributed by atoms with Crippen molar-refractivity contribution < 1.29 is 24.2 Å². The predicted molar refractivity (Wildman–Crippen MR) is 121 cm³/mol. The second kappa shape index (κ2) is 9.31. The summed E-state index contributed by atoms with van der Waals surface area (Å²) in [5.74, 6) is -0.387. The number of methoxy groups -OCH3 is 1. The molecule has 33 heavy (non-hydrogen) atoms. The molecule has 6 N–H and O–H groups in total. The van der Waals surface area contributed by atoms with E-state index in [-0.39, 0.29) is 30.5 Å². The second-order valence-electron chi connectivity index (χ2n) is 7.67. The lowest BCUT2D eigenvalue weighted by Crippen LogP contribution is -2.25. The summed E-state index contributed by atoms with van der Waals surface area (Å²) < 4.78 is 11.9. The molecule has 2 heterocycles. The van der Waals surface area contributed by atoms with Crippen LogP contribution in [0, 0.1) is 0 Å². The Kier molecular flexibility index (Phi) is 6.29. The number of primary amides is 1. The minimum absolute atomic E-state index is 0.0835. The lowest BCUT2D eigenvalue weighted by atomic mass is 10.0. The van der Waals surface area contributed by atoms with Gasteiger partial charge in [-0.3, -0.25) is 9.59 Å². The SMILES string of the molecule is COc1ccccc1C(=O)NCc1ccc(-c2nn([C@H]3COC[C@@H]3O)c(N)c2C(N)=O)cc1. The summed E-state index contributed by atoms with van der Waals surface area (Å²) in [6.45, 7) is 0.692. The molecule has 4 rings (SSSR count). The Hall–Kier alpha value is -3.89. The Morgan fingerprint density at radius 3 is 2.58 bits per heavy atom. The molecule has 0 saturated carbocycles. The van der Waals surface area contributed by atoms with Crippen molar-refractivity contribution in [3.8, 4) is 17.0 Å². The highest BCUT2D eigenvalue weighted by molar-refractivity contribution is 6.03. The number of nitrogens with two attached hydrogens (primary N) is 2. The van der Waals surface area contributed by atoms with Gasteiger partial charge in [-0.1, -0.05) is 36.4 Å². The normalized spacial score (nSPS) is 17.6. The van der Waals surface area contributed by atoms with Crippen molar-refractivity contribution in [2.45, 2.75) is 18.7 Å². The number of carbonyl (C=O) groups excluding carboxylic acids is 2. The number of nitrogens with zero attached hydrogens (tertiary/aromatic N) is 2. The summed E-state index contributed by atoms with van der Waals surface area (Å²) >= 11 is 0. The number of aliphatic hydroxyl groups excluding tert-OH is 1. The largest absolute Gasteiger partial charge is 0.496 e. The van der Waals surface area contributed by atoms with Crippen LogP contribution in [-0.2, 0) is 11.3 Å². The smallest absolute Gasteiger partial charge is 0.255 e.